The molecule has 1 aliphatic rings. The Morgan fingerprint density at radius 1 is 1.53 bits per heavy atom. The first-order chi connectivity index (χ1) is 8.97. The highest BCUT2D eigenvalue weighted by molar-refractivity contribution is 14.1. The lowest BCUT2D eigenvalue weighted by molar-refractivity contribution is -0.120. The fourth-order valence-corrected chi connectivity index (χ4v) is 4.30. The van der Waals surface area contributed by atoms with Crippen molar-refractivity contribution < 1.29 is 4.79 Å². The maximum Gasteiger partial charge on any atom is 0.236 e. The van der Waals surface area contributed by atoms with Crippen molar-refractivity contribution >= 4 is 66.5 Å². The van der Waals surface area contributed by atoms with Crippen molar-refractivity contribution in [3.8, 4) is 0 Å². The van der Waals surface area contributed by atoms with Gasteiger partial charge in [0.05, 0.1) is 6.04 Å². The van der Waals surface area contributed by atoms with Crippen molar-refractivity contribution in [1.82, 2.24) is 5.32 Å². The Balaban J connectivity index is 1.94. The fourth-order valence-electron chi connectivity index (χ4n) is 1.68. The first kappa shape index (κ1) is 15.4. The molecule has 0 saturated heterocycles. The zero-order valence-corrected chi connectivity index (χ0v) is 14.5. The van der Waals surface area contributed by atoms with E-state index >= 15 is 0 Å². The van der Waals surface area contributed by atoms with E-state index in [0.29, 0.717) is 16.6 Å². The lowest BCUT2D eigenvalue weighted by Gasteiger charge is -2.13. The van der Waals surface area contributed by atoms with Crippen LogP contribution < -0.4 is 5.32 Å². The molecular weight excluding hydrogens is 418 g/mol. The quantitative estimate of drug-likeness (QED) is 0.741. The summed E-state index contributed by atoms with van der Waals surface area (Å²) in [5, 5.41) is 3.88. The Labute approximate surface area is 139 Å². The molecule has 0 saturated carbocycles. The predicted molar refractivity (Wildman–Crippen MR) is 90.6 cm³/mol. The van der Waals surface area contributed by atoms with Gasteiger partial charge in [0.25, 0.3) is 0 Å². The molecule has 1 N–H and O–H groups in total. The van der Waals surface area contributed by atoms with Gasteiger partial charge in [0.15, 0.2) is 0 Å². The molecule has 3 nitrogen and oxygen atoms in total. The zero-order valence-electron chi connectivity index (χ0n) is 9.99. The molecular formula is C12H11Cl2IN2OS. The molecule has 2 atom stereocenters. The summed E-state index contributed by atoms with van der Waals surface area (Å²) in [6.45, 7) is 2.34. The third-order valence-corrected chi connectivity index (χ3v) is 5.48. The van der Waals surface area contributed by atoms with Gasteiger partial charge >= 0.3 is 0 Å². The number of carbonyl (C=O) groups is 1. The van der Waals surface area contributed by atoms with Crippen LogP contribution in [-0.2, 0) is 11.3 Å². The number of hydrogen-bond acceptors (Lipinski definition) is 3. The predicted octanol–water partition coefficient (Wildman–Crippen LogP) is 3.90. The second kappa shape index (κ2) is 6.65. The number of thioether (sulfide) groups is 1. The lowest BCUT2D eigenvalue weighted by atomic mass is 10.2. The molecule has 0 fully saturated rings. The van der Waals surface area contributed by atoms with E-state index in [-0.39, 0.29) is 17.2 Å². The van der Waals surface area contributed by atoms with Crippen LogP contribution in [0.5, 0.6) is 0 Å². The van der Waals surface area contributed by atoms with Crippen LogP contribution in [0, 0.1) is 0 Å². The number of carbonyl (C=O) groups excluding carboxylic acids is 1. The van der Waals surface area contributed by atoms with E-state index in [0.717, 1.165) is 8.61 Å². The Kier molecular flexibility index (Phi) is 5.39. The number of aliphatic imine (C=N–C) groups is 1. The maximum absolute atomic E-state index is 12.1. The van der Waals surface area contributed by atoms with Crippen LogP contribution in [0.15, 0.2) is 23.2 Å². The summed E-state index contributed by atoms with van der Waals surface area (Å²) >= 11 is 15.5. The molecule has 0 aromatic heterocycles. The second-order valence-corrected chi connectivity index (χ2v) is 7.84. The minimum absolute atomic E-state index is 0.0117. The molecule has 1 aliphatic heterocycles. The van der Waals surface area contributed by atoms with Crippen molar-refractivity contribution in [2.45, 2.75) is 24.8 Å². The Morgan fingerprint density at radius 3 is 2.84 bits per heavy atom. The molecule has 2 unspecified atom stereocenters. The highest BCUT2D eigenvalue weighted by Gasteiger charge is 2.31. The van der Waals surface area contributed by atoms with Gasteiger partial charge in [0.2, 0.25) is 5.91 Å². The molecule has 1 aromatic carbocycles. The summed E-state index contributed by atoms with van der Waals surface area (Å²) in [4.78, 5) is 16.4. The topological polar surface area (TPSA) is 41.5 Å². The molecule has 19 heavy (non-hydrogen) atoms. The minimum atomic E-state index is -0.155. The SMILES string of the molecule is CC1N=C(I)SC1C(=O)NCc1ccc(Cl)cc1Cl. The number of hydrogen-bond donors (Lipinski definition) is 1. The second-order valence-electron chi connectivity index (χ2n) is 4.11. The van der Waals surface area contributed by atoms with Crippen molar-refractivity contribution in [3.05, 3.63) is 33.8 Å². The van der Waals surface area contributed by atoms with Gasteiger partial charge in [-0.15, -0.1) is 0 Å². The van der Waals surface area contributed by atoms with E-state index in [9.17, 15) is 4.79 Å². The molecule has 1 aromatic rings. The average molecular weight is 429 g/mol. The van der Waals surface area contributed by atoms with Crippen molar-refractivity contribution in [1.29, 1.82) is 0 Å². The van der Waals surface area contributed by atoms with Crippen molar-refractivity contribution in [3.63, 3.8) is 0 Å². The molecule has 0 bridgehead atoms. The minimum Gasteiger partial charge on any atom is -0.351 e. The number of nitrogens with one attached hydrogen (secondary N) is 1. The molecule has 0 aliphatic carbocycles. The fraction of sp³-hybridized carbons (Fsp3) is 0.333. The summed E-state index contributed by atoms with van der Waals surface area (Å²) in [6.07, 6.45) is 0. The molecule has 0 radical (unpaired) electrons. The number of benzene rings is 1. The standard InChI is InChI=1S/C12H11Cl2IN2OS/c1-6-10(19-12(15)17-6)11(18)16-5-7-2-3-8(13)4-9(7)14/h2-4,6,10H,5H2,1H3,(H,16,18). The van der Waals surface area contributed by atoms with E-state index in [2.05, 4.69) is 32.9 Å². The van der Waals surface area contributed by atoms with Gasteiger partial charge < -0.3 is 5.32 Å². The summed E-state index contributed by atoms with van der Waals surface area (Å²) in [7, 11) is 0. The van der Waals surface area contributed by atoms with E-state index in [1.807, 2.05) is 13.0 Å². The summed E-state index contributed by atoms with van der Waals surface area (Å²) in [5.41, 5.74) is 0.852. The van der Waals surface area contributed by atoms with Crippen LogP contribution in [0.2, 0.25) is 10.0 Å². The maximum atomic E-state index is 12.1. The monoisotopic (exact) mass is 428 g/mol. The molecule has 0 spiro atoms. The third-order valence-electron chi connectivity index (χ3n) is 2.69. The van der Waals surface area contributed by atoms with Gasteiger partial charge in [-0.25, -0.2) is 0 Å². The van der Waals surface area contributed by atoms with E-state index in [1.54, 1.807) is 12.1 Å². The van der Waals surface area contributed by atoms with Crippen LogP contribution in [-0.4, -0.2) is 20.2 Å². The largest absolute Gasteiger partial charge is 0.351 e. The smallest absolute Gasteiger partial charge is 0.236 e. The highest BCUT2D eigenvalue weighted by atomic mass is 127. The Morgan fingerprint density at radius 2 is 2.26 bits per heavy atom. The normalized spacial score (nSPS) is 22.2. The van der Waals surface area contributed by atoms with Crippen LogP contribution in [0.25, 0.3) is 0 Å². The van der Waals surface area contributed by atoms with E-state index in [4.69, 9.17) is 23.2 Å². The highest BCUT2D eigenvalue weighted by Crippen LogP contribution is 2.30. The van der Waals surface area contributed by atoms with Crippen LogP contribution in [0.4, 0.5) is 0 Å². The molecule has 102 valence electrons. The third kappa shape index (κ3) is 4.00. The van der Waals surface area contributed by atoms with Gasteiger partial charge in [-0.1, -0.05) is 41.0 Å². The zero-order chi connectivity index (χ0) is 14.0. The van der Waals surface area contributed by atoms with E-state index < -0.39 is 0 Å². The lowest BCUT2D eigenvalue weighted by Crippen LogP contribution is -2.36. The summed E-state index contributed by atoms with van der Waals surface area (Å²) in [6, 6.07) is 5.26. The van der Waals surface area contributed by atoms with Gasteiger partial charge in [-0.05, 0) is 47.2 Å². The van der Waals surface area contributed by atoms with Gasteiger partial charge in [-0.2, -0.15) is 0 Å². The first-order valence-electron chi connectivity index (χ1n) is 5.59. The molecule has 2 rings (SSSR count). The summed E-state index contributed by atoms with van der Waals surface area (Å²) in [5.74, 6) is -0.0149. The van der Waals surface area contributed by atoms with Crippen molar-refractivity contribution in [2.24, 2.45) is 4.99 Å². The molecule has 1 amide bonds. The van der Waals surface area contributed by atoms with Crippen LogP contribution in [0.3, 0.4) is 0 Å². The average Bonchev–Trinajstić information content (AvgIpc) is 2.67. The Hall–Kier alpha value is 0.0200. The van der Waals surface area contributed by atoms with E-state index in [1.165, 1.54) is 11.8 Å². The molecule has 1 heterocycles. The Bertz CT molecular complexity index is 538. The van der Waals surface area contributed by atoms with Crippen molar-refractivity contribution in [2.75, 3.05) is 0 Å². The van der Waals surface area contributed by atoms with Crippen LogP contribution in [0.1, 0.15) is 12.5 Å². The van der Waals surface area contributed by atoms with Gasteiger partial charge in [0, 0.05) is 16.6 Å². The first-order valence-corrected chi connectivity index (χ1v) is 8.30. The van der Waals surface area contributed by atoms with Crippen LogP contribution >= 0.6 is 57.6 Å². The van der Waals surface area contributed by atoms with Gasteiger partial charge in [0.1, 0.15) is 8.30 Å². The number of nitrogens with zero attached hydrogens (tertiary/aromatic N) is 1. The molecule has 7 heteroatoms. The summed E-state index contributed by atoms with van der Waals surface area (Å²) < 4.78 is 0.926. The number of rotatable bonds is 3. The number of amides is 1. The van der Waals surface area contributed by atoms with Gasteiger partial charge in [-0.3, -0.25) is 9.79 Å². The number of halogens is 3.